The zero-order chi connectivity index (χ0) is 22.1. The number of carbonyl (C=O) groups excluding carboxylic acids is 2. The van der Waals surface area contributed by atoms with Gasteiger partial charge in [-0.3, -0.25) is 9.59 Å². The van der Waals surface area contributed by atoms with Crippen molar-refractivity contribution < 1.29 is 14.3 Å². The van der Waals surface area contributed by atoms with Gasteiger partial charge in [0.05, 0.1) is 7.11 Å². The molecule has 162 valence electrons. The van der Waals surface area contributed by atoms with Gasteiger partial charge in [-0.25, -0.2) is 0 Å². The number of hydrogen-bond donors (Lipinski definition) is 2. The third-order valence-electron chi connectivity index (χ3n) is 4.45. The SMILES string of the molecule is COc1ccc(NC(=O)c2nnc(CCCC(=O)NCc3ccc(SC)cc3)s2)cc1. The monoisotopic (exact) mass is 456 g/mol. The Morgan fingerprint density at radius 2 is 1.81 bits per heavy atom. The Hall–Kier alpha value is -2.91. The van der Waals surface area contributed by atoms with Crippen LogP contribution in [-0.4, -0.2) is 35.4 Å². The lowest BCUT2D eigenvalue weighted by Crippen LogP contribution is -2.22. The number of hydrogen-bond acceptors (Lipinski definition) is 7. The van der Waals surface area contributed by atoms with E-state index in [0.717, 1.165) is 10.6 Å². The molecule has 0 aliphatic heterocycles. The Morgan fingerprint density at radius 1 is 1.06 bits per heavy atom. The Balaban J connectivity index is 1.39. The number of ether oxygens (including phenoxy) is 1. The number of carbonyl (C=O) groups is 2. The number of anilines is 1. The number of thioether (sulfide) groups is 1. The molecule has 7 nitrogen and oxygen atoms in total. The highest BCUT2D eigenvalue weighted by Crippen LogP contribution is 2.18. The lowest BCUT2D eigenvalue weighted by molar-refractivity contribution is -0.121. The molecule has 2 N–H and O–H groups in total. The third-order valence-corrected chi connectivity index (χ3v) is 6.18. The summed E-state index contributed by atoms with van der Waals surface area (Å²) in [5.74, 6) is 0.406. The van der Waals surface area contributed by atoms with Gasteiger partial charge in [-0.15, -0.1) is 22.0 Å². The fraction of sp³-hybridized carbons (Fsp3) is 0.273. The number of aromatic nitrogens is 2. The van der Waals surface area contributed by atoms with Crippen molar-refractivity contribution in [2.75, 3.05) is 18.7 Å². The minimum Gasteiger partial charge on any atom is -0.497 e. The average molecular weight is 457 g/mol. The second-order valence-electron chi connectivity index (χ2n) is 6.66. The first kappa shape index (κ1) is 22.8. The summed E-state index contributed by atoms with van der Waals surface area (Å²) in [6.45, 7) is 0.516. The van der Waals surface area contributed by atoms with Crippen LogP contribution >= 0.6 is 23.1 Å². The zero-order valence-electron chi connectivity index (χ0n) is 17.4. The van der Waals surface area contributed by atoms with E-state index in [0.29, 0.717) is 42.3 Å². The maximum absolute atomic E-state index is 12.3. The van der Waals surface area contributed by atoms with Crippen LogP contribution in [0.4, 0.5) is 5.69 Å². The average Bonchev–Trinajstić information content (AvgIpc) is 3.27. The highest BCUT2D eigenvalue weighted by Gasteiger charge is 2.13. The summed E-state index contributed by atoms with van der Waals surface area (Å²) in [7, 11) is 1.59. The number of nitrogens with one attached hydrogen (secondary N) is 2. The lowest BCUT2D eigenvalue weighted by atomic mass is 10.2. The summed E-state index contributed by atoms with van der Waals surface area (Å²) in [6, 6.07) is 15.2. The molecule has 0 bridgehead atoms. The molecule has 9 heteroatoms. The lowest BCUT2D eigenvalue weighted by Gasteiger charge is -2.05. The normalized spacial score (nSPS) is 10.5. The van der Waals surface area contributed by atoms with E-state index < -0.39 is 0 Å². The summed E-state index contributed by atoms with van der Waals surface area (Å²) < 4.78 is 5.10. The fourth-order valence-corrected chi connectivity index (χ4v) is 3.92. The van der Waals surface area contributed by atoms with Gasteiger partial charge in [0.2, 0.25) is 10.9 Å². The summed E-state index contributed by atoms with van der Waals surface area (Å²) in [6.07, 6.45) is 3.68. The molecule has 0 radical (unpaired) electrons. The van der Waals surface area contributed by atoms with Gasteiger partial charge < -0.3 is 15.4 Å². The van der Waals surface area contributed by atoms with Gasteiger partial charge in [0.25, 0.3) is 5.91 Å². The smallest absolute Gasteiger partial charge is 0.286 e. The van der Waals surface area contributed by atoms with Crippen LogP contribution in [0.2, 0.25) is 0 Å². The van der Waals surface area contributed by atoms with Crippen LogP contribution in [0, 0.1) is 0 Å². The molecule has 0 spiro atoms. The Morgan fingerprint density at radius 3 is 2.48 bits per heavy atom. The molecule has 0 aliphatic rings. The molecule has 1 heterocycles. The molecule has 3 aromatic rings. The van der Waals surface area contributed by atoms with Gasteiger partial charge in [0.15, 0.2) is 0 Å². The van der Waals surface area contributed by atoms with Crippen LogP contribution in [0.1, 0.15) is 33.2 Å². The van der Waals surface area contributed by atoms with Crippen molar-refractivity contribution in [1.82, 2.24) is 15.5 Å². The highest BCUT2D eigenvalue weighted by atomic mass is 32.2. The predicted molar refractivity (Wildman–Crippen MR) is 124 cm³/mol. The molecule has 31 heavy (non-hydrogen) atoms. The Bertz CT molecular complexity index is 1000. The summed E-state index contributed by atoms with van der Waals surface area (Å²) in [5.41, 5.74) is 1.73. The summed E-state index contributed by atoms with van der Waals surface area (Å²) >= 11 is 2.93. The molecule has 3 rings (SSSR count). The van der Waals surface area contributed by atoms with Crippen molar-refractivity contribution in [3.05, 3.63) is 64.1 Å². The fourth-order valence-electron chi connectivity index (χ4n) is 2.74. The second-order valence-corrected chi connectivity index (χ2v) is 8.60. The van der Waals surface area contributed by atoms with Crippen LogP contribution in [0.3, 0.4) is 0 Å². The second kappa shape index (κ2) is 11.5. The van der Waals surface area contributed by atoms with Gasteiger partial charge in [-0.05, 0) is 54.6 Å². The number of rotatable bonds is 10. The minimum absolute atomic E-state index is 0.00377. The van der Waals surface area contributed by atoms with Crippen molar-refractivity contribution >= 4 is 40.6 Å². The van der Waals surface area contributed by atoms with Gasteiger partial charge in [-0.1, -0.05) is 23.5 Å². The van der Waals surface area contributed by atoms with E-state index in [1.54, 1.807) is 43.1 Å². The predicted octanol–water partition coefficient (Wildman–Crippen LogP) is 4.16. The zero-order valence-corrected chi connectivity index (χ0v) is 19.0. The van der Waals surface area contributed by atoms with E-state index in [1.807, 2.05) is 30.5 Å². The van der Waals surface area contributed by atoms with Crippen molar-refractivity contribution in [1.29, 1.82) is 0 Å². The van der Waals surface area contributed by atoms with E-state index in [1.165, 1.54) is 16.2 Å². The van der Waals surface area contributed by atoms with Crippen molar-refractivity contribution in [3.8, 4) is 5.75 Å². The van der Waals surface area contributed by atoms with E-state index in [4.69, 9.17) is 4.74 Å². The topological polar surface area (TPSA) is 93.2 Å². The first-order valence-electron chi connectivity index (χ1n) is 9.75. The number of nitrogens with zero attached hydrogens (tertiary/aromatic N) is 2. The van der Waals surface area contributed by atoms with Gasteiger partial charge >= 0.3 is 0 Å². The molecule has 0 unspecified atom stereocenters. The molecule has 0 atom stereocenters. The summed E-state index contributed by atoms with van der Waals surface area (Å²) in [5, 5.41) is 14.8. The quantitative estimate of drug-likeness (QED) is 0.445. The number of amides is 2. The summed E-state index contributed by atoms with van der Waals surface area (Å²) in [4.78, 5) is 25.6. The molecule has 1 aromatic heterocycles. The largest absolute Gasteiger partial charge is 0.497 e. The molecular formula is C22H24N4O3S2. The first-order chi connectivity index (χ1) is 15.1. The Labute approximate surface area is 189 Å². The molecule has 0 fully saturated rings. The molecule has 2 amide bonds. The van der Waals surface area contributed by atoms with Crippen LogP contribution < -0.4 is 15.4 Å². The molecule has 0 aliphatic carbocycles. The van der Waals surface area contributed by atoms with Crippen LogP contribution in [-0.2, 0) is 17.8 Å². The van der Waals surface area contributed by atoms with E-state index >= 15 is 0 Å². The third kappa shape index (κ3) is 7.08. The van der Waals surface area contributed by atoms with Gasteiger partial charge in [-0.2, -0.15) is 0 Å². The van der Waals surface area contributed by atoms with E-state index in [2.05, 4.69) is 20.8 Å². The number of benzene rings is 2. The van der Waals surface area contributed by atoms with Gasteiger partial charge in [0.1, 0.15) is 10.8 Å². The standard InChI is InChI=1S/C22H24N4O3S2/c1-29-17-10-8-16(9-11-17)24-21(28)22-26-25-20(31-22)5-3-4-19(27)23-14-15-6-12-18(30-2)13-7-15/h6-13H,3-5,14H2,1-2H3,(H,23,27)(H,24,28). The van der Waals surface area contributed by atoms with Crippen LogP contribution in [0.25, 0.3) is 0 Å². The molecule has 0 saturated carbocycles. The van der Waals surface area contributed by atoms with Crippen LogP contribution in [0.15, 0.2) is 53.4 Å². The van der Waals surface area contributed by atoms with E-state index in [9.17, 15) is 9.59 Å². The molecule has 2 aromatic carbocycles. The van der Waals surface area contributed by atoms with E-state index in [-0.39, 0.29) is 11.8 Å². The van der Waals surface area contributed by atoms with Crippen LogP contribution in [0.5, 0.6) is 5.75 Å². The molecule has 0 saturated heterocycles. The minimum atomic E-state index is -0.306. The number of aryl methyl sites for hydroxylation is 1. The number of methoxy groups -OCH3 is 1. The Kier molecular flexibility index (Phi) is 8.43. The van der Waals surface area contributed by atoms with Crippen molar-refractivity contribution in [2.45, 2.75) is 30.7 Å². The molecular weight excluding hydrogens is 432 g/mol. The van der Waals surface area contributed by atoms with Gasteiger partial charge in [0, 0.05) is 30.0 Å². The maximum Gasteiger partial charge on any atom is 0.286 e. The van der Waals surface area contributed by atoms with Crippen molar-refractivity contribution in [2.24, 2.45) is 0 Å². The van der Waals surface area contributed by atoms with Crippen molar-refractivity contribution in [3.63, 3.8) is 0 Å². The maximum atomic E-state index is 12.3. The highest BCUT2D eigenvalue weighted by molar-refractivity contribution is 7.98. The first-order valence-corrected chi connectivity index (χ1v) is 11.8.